The van der Waals surface area contributed by atoms with E-state index in [-0.39, 0.29) is 0 Å². The summed E-state index contributed by atoms with van der Waals surface area (Å²) in [7, 11) is 2.07. The highest BCUT2D eigenvalue weighted by molar-refractivity contribution is 5.79. The second kappa shape index (κ2) is 12.8. The third-order valence-corrected chi connectivity index (χ3v) is 3.41. The molecular weight excluding hydrogens is 290 g/mol. The smallest absolute Gasteiger partial charge is 0.193 e. The fraction of sp³-hybridized carbons (Fsp3) is 0.611. The van der Waals surface area contributed by atoms with Crippen LogP contribution in [-0.2, 0) is 11.2 Å². The van der Waals surface area contributed by atoms with Crippen molar-refractivity contribution in [2.24, 2.45) is 4.99 Å². The Kier molecular flexibility index (Phi) is 10.7. The summed E-state index contributed by atoms with van der Waals surface area (Å²) in [6.07, 6.45) is 7.56. The van der Waals surface area contributed by atoms with Gasteiger partial charge in [0.15, 0.2) is 5.96 Å². The molecule has 130 valence electrons. The van der Waals surface area contributed by atoms with Gasteiger partial charge in [-0.25, -0.2) is 0 Å². The van der Waals surface area contributed by atoms with E-state index in [0.29, 0.717) is 0 Å². The second-order valence-electron chi connectivity index (χ2n) is 5.36. The number of allylic oxidation sites excluding steroid dienone is 1. The summed E-state index contributed by atoms with van der Waals surface area (Å²) in [5, 5.41) is 3.42. The molecule has 0 fully saturated rings. The normalized spacial score (nSPS) is 11.5. The predicted octanol–water partition coefficient (Wildman–Crippen LogP) is 3.09. The lowest BCUT2D eigenvalue weighted by Crippen LogP contribution is -2.40. The van der Waals surface area contributed by atoms with E-state index in [1.165, 1.54) is 0 Å². The van der Waals surface area contributed by atoms with Crippen LogP contribution in [0.5, 0.6) is 0 Å². The number of hydrogen-bond donors (Lipinski definition) is 1. The molecule has 0 saturated heterocycles. The number of rotatable bonds is 12. The average molecular weight is 321 g/mol. The minimum Gasteiger partial charge on any atom is -0.469 e. The van der Waals surface area contributed by atoms with Gasteiger partial charge in [-0.2, -0.15) is 0 Å². The molecule has 0 saturated carbocycles. The standard InChI is InChI=1S/C18H31N3O2/c1-4-6-7-14-21(3)18(19-12-9-15-22-5-2)20-13-11-17-10-8-16-23-17/h4,8,10,16H,1,5-7,9,11-15H2,2-3H3,(H,19,20). The van der Waals surface area contributed by atoms with E-state index in [1.54, 1.807) is 6.26 Å². The highest BCUT2D eigenvalue weighted by Crippen LogP contribution is 2.00. The maximum Gasteiger partial charge on any atom is 0.193 e. The van der Waals surface area contributed by atoms with Gasteiger partial charge in [0.2, 0.25) is 0 Å². The van der Waals surface area contributed by atoms with Gasteiger partial charge >= 0.3 is 0 Å². The largest absolute Gasteiger partial charge is 0.469 e. The monoisotopic (exact) mass is 321 g/mol. The van der Waals surface area contributed by atoms with Crippen molar-refractivity contribution in [2.45, 2.75) is 32.6 Å². The number of guanidine groups is 1. The minimum absolute atomic E-state index is 0.763. The molecule has 0 atom stereocenters. The Morgan fingerprint density at radius 2 is 2.35 bits per heavy atom. The van der Waals surface area contributed by atoms with Gasteiger partial charge in [-0.1, -0.05) is 6.08 Å². The summed E-state index contributed by atoms with van der Waals surface area (Å²) in [6.45, 7) is 9.85. The Labute approximate surface area is 140 Å². The molecular formula is C18H31N3O2. The van der Waals surface area contributed by atoms with Crippen molar-refractivity contribution in [1.82, 2.24) is 10.2 Å². The van der Waals surface area contributed by atoms with Crippen LogP contribution in [0.15, 0.2) is 40.5 Å². The summed E-state index contributed by atoms with van der Waals surface area (Å²) in [6, 6.07) is 3.91. The Bertz CT molecular complexity index is 429. The number of nitrogens with one attached hydrogen (secondary N) is 1. The van der Waals surface area contributed by atoms with Gasteiger partial charge in [0.25, 0.3) is 0 Å². The van der Waals surface area contributed by atoms with Crippen LogP contribution in [-0.4, -0.2) is 50.8 Å². The first-order chi connectivity index (χ1) is 11.3. The number of ether oxygens (including phenoxy) is 1. The zero-order valence-electron chi connectivity index (χ0n) is 14.6. The molecule has 1 aromatic rings. The maximum absolute atomic E-state index is 5.36. The maximum atomic E-state index is 5.36. The number of nitrogens with zero attached hydrogens (tertiary/aromatic N) is 2. The fourth-order valence-electron chi connectivity index (χ4n) is 2.14. The van der Waals surface area contributed by atoms with Crippen molar-refractivity contribution in [3.63, 3.8) is 0 Å². The number of unbranched alkanes of at least 4 members (excludes halogenated alkanes) is 1. The molecule has 0 unspecified atom stereocenters. The van der Waals surface area contributed by atoms with Crippen LogP contribution in [0.25, 0.3) is 0 Å². The quantitative estimate of drug-likeness (QED) is 0.278. The van der Waals surface area contributed by atoms with Crippen LogP contribution < -0.4 is 5.32 Å². The Morgan fingerprint density at radius 3 is 3.04 bits per heavy atom. The summed E-state index contributed by atoms with van der Waals surface area (Å²) in [4.78, 5) is 6.86. The lowest BCUT2D eigenvalue weighted by atomic mass is 10.3. The van der Waals surface area contributed by atoms with E-state index >= 15 is 0 Å². The molecule has 0 aliphatic rings. The van der Waals surface area contributed by atoms with Crippen LogP contribution in [0.3, 0.4) is 0 Å². The van der Waals surface area contributed by atoms with E-state index in [2.05, 4.69) is 28.8 Å². The van der Waals surface area contributed by atoms with Gasteiger partial charge in [-0.3, -0.25) is 4.99 Å². The van der Waals surface area contributed by atoms with Crippen molar-refractivity contribution in [1.29, 1.82) is 0 Å². The van der Waals surface area contributed by atoms with Crippen LogP contribution in [0.1, 0.15) is 31.9 Å². The van der Waals surface area contributed by atoms with Crippen LogP contribution in [0.4, 0.5) is 0 Å². The molecule has 1 rings (SSSR count). The molecule has 0 radical (unpaired) electrons. The molecule has 1 aromatic heterocycles. The Hall–Kier alpha value is -1.75. The zero-order valence-corrected chi connectivity index (χ0v) is 14.6. The third kappa shape index (κ3) is 9.08. The van der Waals surface area contributed by atoms with E-state index in [4.69, 9.17) is 9.15 Å². The SMILES string of the molecule is C=CCCCN(C)C(=NCCCOCC)NCCc1ccco1. The first-order valence-corrected chi connectivity index (χ1v) is 8.48. The lowest BCUT2D eigenvalue weighted by Gasteiger charge is -2.22. The Balaban J connectivity index is 2.41. The Morgan fingerprint density at radius 1 is 1.48 bits per heavy atom. The molecule has 5 nitrogen and oxygen atoms in total. The van der Waals surface area contributed by atoms with E-state index < -0.39 is 0 Å². The molecule has 1 N–H and O–H groups in total. The topological polar surface area (TPSA) is 50.0 Å². The van der Waals surface area contributed by atoms with Crippen LogP contribution in [0.2, 0.25) is 0 Å². The molecule has 0 aliphatic carbocycles. The average Bonchev–Trinajstić information content (AvgIpc) is 3.06. The summed E-state index contributed by atoms with van der Waals surface area (Å²) < 4.78 is 10.7. The highest BCUT2D eigenvalue weighted by Gasteiger charge is 2.06. The third-order valence-electron chi connectivity index (χ3n) is 3.41. The zero-order chi connectivity index (χ0) is 16.8. The molecule has 0 bridgehead atoms. The molecule has 5 heteroatoms. The molecule has 0 aliphatic heterocycles. The van der Waals surface area contributed by atoms with Gasteiger partial charge < -0.3 is 19.4 Å². The minimum atomic E-state index is 0.763. The van der Waals surface area contributed by atoms with E-state index in [0.717, 1.165) is 70.3 Å². The molecule has 1 heterocycles. The fourth-order valence-corrected chi connectivity index (χ4v) is 2.14. The number of furan rings is 1. The van der Waals surface area contributed by atoms with Gasteiger partial charge in [0.05, 0.1) is 6.26 Å². The summed E-state index contributed by atoms with van der Waals surface area (Å²) >= 11 is 0. The first-order valence-electron chi connectivity index (χ1n) is 8.48. The molecule has 0 spiro atoms. The number of aliphatic imine (C=N–C) groups is 1. The summed E-state index contributed by atoms with van der Waals surface area (Å²) in [5.74, 6) is 1.93. The van der Waals surface area contributed by atoms with Gasteiger partial charge in [0, 0.05) is 46.3 Å². The van der Waals surface area contributed by atoms with Crippen molar-refractivity contribution >= 4 is 5.96 Å². The van der Waals surface area contributed by atoms with Crippen molar-refractivity contribution in [3.05, 3.63) is 36.8 Å². The number of hydrogen-bond acceptors (Lipinski definition) is 3. The molecule has 0 amide bonds. The molecule has 23 heavy (non-hydrogen) atoms. The van der Waals surface area contributed by atoms with E-state index in [1.807, 2.05) is 25.1 Å². The van der Waals surface area contributed by atoms with Gasteiger partial charge in [-0.05, 0) is 38.3 Å². The van der Waals surface area contributed by atoms with Crippen LogP contribution in [0, 0.1) is 0 Å². The van der Waals surface area contributed by atoms with Crippen molar-refractivity contribution in [2.75, 3.05) is 39.9 Å². The lowest BCUT2D eigenvalue weighted by molar-refractivity contribution is 0.146. The van der Waals surface area contributed by atoms with Crippen LogP contribution >= 0.6 is 0 Å². The summed E-state index contributed by atoms with van der Waals surface area (Å²) in [5.41, 5.74) is 0. The van der Waals surface area contributed by atoms with Crippen molar-refractivity contribution < 1.29 is 9.15 Å². The second-order valence-corrected chi connectivity index (χ2v) is 5.36. The first kappa shape index (κ1) is 19.3. The van der Waals surface area contributed by atoms with Gasteiger partial charge in [-0.15, -0.1) is 6.58 Å². The predicted molar refractivity (Wildman–Crippen MR) is 95.9 cm³/mol. The highest BCUT2D eigenvalue weighted by atomic mass is 16.5. The molecule has 0 aromatic carbocycles. The van der Waals surface area contributed by atoms with Crippen molar-refractivity contribution in [3.8, 4) is 0 Å². The van der Waals surface area contributed by atoms with E-state index in [9.17, 15) is 0 Å². The van der Waals surface area contributed by atoms with Gasteiger partial charge in [0.1, 0.15) is 5.76 Å².